The second kappa shape index (κ2) is 6.07. The largest absolute Gasteiger partial charge is 0.494 e. The van der Waals surface area contributed by atoms with Crippen molar-refractivity contribution in [3.63, 3.8) is 0 Å². The quantitative estimate of drug-likeness (QED) is 0.630. The van der Waals surface area contributed by atoms with Crippen molar-refractivity contribution in [2.24, 2.45) is 0 Å². The van der Waals surface area contributed by atoms with Crippen LogP contribution in [0.1, 0.15) is 50.9 Å². The summed E-state index contributed by atoms with van der Waals surface area (Å²) in [5, 5.41) is 0.861. The number of hydrogen-bond donors (Lipinski definition) is 0. The van der Waals surface area contributed by atoms with Crippen molar-refractivity contribution in [2.75, 3.05) is 6.61 Å². The van der Waals surface area contributed by atoms with Crippen molar-refractivity contribution in [1.29, 1.82) is 0 Å². The van der Waals surface area contributed by atoms with Gasteiger partial charge < -0.3 is 14.0 Å². The summed E-state index contributed by atoms with van der Waals surface area (Å²) in [7, 11) is -0.446. The van der Waals surface area contributed by atoms with Crippen LogP contribution in [0.4, 0.5) is 0 Å². The molecule has 3 rings (SSSR count). The average molecular weight is 342 g/mol. The Morgan fingerprint density at radius 2 is 1.80 bits per heavy atom. The molecule has 2 heterocycles. The third-order valence-electron chi connectivity index (χ3n) is 4.89. The predicted octanol–water partition coefficient (Wildman–Crippen LogP) is 2.41. The monoisotopic (exact) mass is 342 g/mol. The fourth-order valence-electron chi connectivity index (χ4n) is 2.71. The average Bonchev–Trinajstić information content (AvgIpc) is 2.75. The molecular weight excluding hydrogens is 319 g/mol. The molecule has 25 heavy (non-hydrogen) atoms. The number of carbonyl (C=O) groups is 1. The first-order valence-corrected chi connectivity index (χ1v) is 8.45. The van der Waals surface area contributed by atoms with Crippen molar-refractivity contribution < 1.29 is 18.8 Å². The number of aryl methyl sites for hydroxylation is 1. The molecule has 0 atom stereocenters. The summed E-state index contributed by atoms with van der Waals surface area (Å²) in [6, 6.07) is 5.72. The van der Waals surface area contributed by atoms with E-state index in [1.54, 1.807) is 6.92 Å². The fraction of sp³-hybridized carbons (Fsp3) is 0.500. The standard InChI is InChI=1S/C18H23BN2O4/c1-7-23-16(22)15-20-11(2)13-10-12(8-9-14(13)21-15)19-24-17(3,4)18(5,6)25-19/h8-10H,7H2,1-6H3. The third kappa shape index (κ3) is 3.14. The number of benzene rings is 1. The third-order valence-corrected chi connectivity index (χ3v) is 4.89. The van der Waals surface area contributed by atoms with E-state index in [4.69, 9.17) is 14.0 Å². The van der Waals surface area contributed by atoms with Gasteiger partial charge in [0.1, 0.15) is 0 Å². The minimum absolute atomic E-state index is 0.0789. The smallest absolute Gasteiger partial charge is 0.460 e. The molecule has 0 amide bonds. The first-order valence-electron chi connectivity index (χ1n) is 8.45. The van der Waals surface area contributed by atoms with Gasteiger partial charge in [0.25, 0.3) is 0 Å². The zero-order valence-corrected chi connectivity index (χ0v) is 15.5. The van der Waals surface area contributed by atoms with Crippen LogP contribution in [0.15, 0.2) is 18.2 Å². The number of rotatable bonds is 3. The van der Waals surface area contributed by atoms with Gasteiger partial charge in [-0.05, 0) is 53.1 Å². The van der Waals surface area contributed by atoms with E-state index in [0.717, 1.165) is 10.8 Å². The number of aromatic nitrogens is 2. The Hall–Kier alpha value is -1.99. The molecule has 1 saturated heterocycles. The molecule has 0 saturated carbocycles. The van der Waals surface area contributed by atoms with Gasteiger partial charge in [0.15, 0.2) is 0 Å². The Morgan fingerprint density at radius 3 is 2.40 bits per heavy atom. The van der Waals surface area contributed by atoms with Crippen molar-refractivity contribution in [3.8, 4) is 0 Å². The minimum atomic E-state index is -0.512. The summed E-state index contributed by atoms with van der Waals surface area (Å²) in [6.07, 6.45) is 0. The molecule has 1 aromatic carbocycles. The number of esters is 1. The Morgan fingerprint density at radius 1 is 1.16 bits per heavy atom. The summed E-state index contributed by atoms with van der Waals surface area (Å²) in [5.74, 6) is -0.433. The van der Waals surface area contributed by atoms with E-state index in [2.05, 4.69) is 9.97 Å². The van der Waals surface area contributed by atoms with Crippen molar-refractivity contribution in [3.05, 3.63) is 29.7 Å². The molecule has 0 bridgehead atoms. The summed E-state index contributed by atoms with van der Waals surface area (Å²) in [5.41, 5.74) is 1.52. The van der Waals surface area contributed by atoms with Gasteiger partial charge in [0.2, 0.25) is 5.82 Å². The number of carbonyl (C=O) groups excluding carboxylic acids is 1. The molecular formula is C18H23BN2O4. The lowest BCUT2D eigenvalue weighted by molar-refractivity contribution is 0.00578. The lowest BCUT2D eigenvalue weighted by atomic mass is 9.78. The maximum atomic E-state index is 11.9. The summed E-state index contributed by atoms with van der Waals surface area (Å²) < 4.78 is 17.2. The van der Waals surface area contributed by atoms with E-state index < -0.39 is 24.3 Å². The molecule has 0 N–H and O–H groups in total. The highest BCUT2D eigenvalue weighted by Crippen LogP contribution is 2.36. The lowest BCUT2D eigenvalue weighted by Gasteiger charge is -2.32. The van der Waals surface area contributed by atoms with Crippen molar-refractivity contribution in [1.82, 2.24) is 9.97 Å². The molecule has 2 aromatic rings. The van der Waals surface area contributed by atoms with Gasteiger partial charge in [-0.1, -0.05) is 12.1 Å². The van der Waals surface area contributed by atoms with Gasteiger partial charge >= 0.3 is 13.1 Å². The van der Waals surface area contributed by atoms with Crippen LogP contribution >= 0.6 is 0 Å². The lowest BCUT2D eigenvalue weighted by Crippen LogP contribution is -2.41. The van der Waals surface area contributed by atoms with Crippen LogP contribution in [0.3, 0.4) is 0 Å². The number of fused-ring (bicyclic) bond motifs is 1. The van der Waals surface area contributed by atoms with E-state index in [1.807, 2.05) is 52.8 Å². The Labute approximate surface area is 148 Å². The zero-order valence-electron chi connectivity index (χ0n) is 15.5. The van der Waals surface area contributed by atoms with E-state index in [9.17, 15) is 4.79 Å². The minimum Gasteiger partial charge on any atom is -0.460 e. The highest BCUT2D eigenvalue weighted by Gasteiger charge is 2.51. The Bertz CT molecular complexity index is 819. The van der Waals surface area contributed by atoms with Crippen LogP contribution < -0.4 is 5.46 Å². The maximum absolute atomic E-state index is 11.9. The predicted molar refractivity (Wildman–Crippen MR) is 95.9 cm³/mol. The van der Waals surface area contributed by atoms with E-state index in [0.29, 0.717) is 17.8 Å². The van der Waals surface area contributed by atoms with Gasteiger partial charge in [-0.2, -0.15) is 0 Å². The van der Waals surface area contributed by atoms with Crippen LogP contribution in [-0.4, -0.2) is 40.9 Å². The van der Waals surface area contributed by atoms with Gasteiger partial charge in [-0.3, -0.25) is 0 Å². The Kier molecular flexibility index (Phi) is 4.33. The zero-order chi connectivity index (χ0) is 18.4. The van der Waals surface area contributed by atoms with E-state index >= 15 is 0 Å². The van der Waals surface area contributed by atoms with Gasteiger partial charge in [-0.25, -0.2) is 14.8 Å². The van der Waals surface area contributed by atoms with Crippen LogP contribution in [0.25, 0.3) is 10.9 Å². The SMILES string of the molecule is CCOC(=O)c1nc(C)c2cc(B3OC(C)(C)C(C)(C)O3)ccc2n1. The molecule has 0 spiro atoms. The molecule has 0 unspecified atom stereocenters. The van der Waals surface area contributed by atoms with Crippen molar-refractivity contribution in [2.45, 2.75) is 52.7 Å². The molecule has 6 nitrogen and oxygen atoms in total. The van der Waals surface area contributed by atoms with Crippen LogP contribution in [-0.2, 0) is 14.0 Å². The normalized spacial score (nSPS) is 18.6. The summed E-state index contributed by atoms with van der Waals surface area (Å²) in [4.78, 5) is 20.5. The first kappa shape index (κ1) is 17.8. The number of hydrogen-bond acceptors (Lipinski definition) is 6. The topological polar surface area (TPSA) is 70.5 Å². The molecule has 1 aliphatic heterocycles. The molecule has 1 aromatic heterocycles. The number of ether oxygens (including phenoxy) is 1. The highest BCUT2D eigenvalue weighted by molar-refractivity contribution is 6.62. The summed E-state index contributed by atoms with van der Waals surface area (Å²) in [6.45, 7) is 12.0. The van der Waals surface area contributed by atoms with Crippen LogP contribution in [0.2, 0.25) is 0 Å². The second-order valence-electron chi connectivity index (χ2n) is 7.22. The second-order valence-corrected chi connectivity index (χ2v) is 7.22. The molecule has 0 aliphatic carbocycles. The van der Waals surface area contributed by atoms with Crippen LogP contribution in [0.5, 0.6) is 0 Å². The van der Waals surface area contributed by atoms with Gasteiger partial charge in [0, 0.05) is 11.1 Å². The fourth-order valence-corrected chi connectivity index (χ4v) is 2.71. The molecule has 132 valence electrons. The van der Waals surface area contributed by atoms with Crippen molar-refractivity contribution >= 4 is 29.5 Å². The highest BCUT2D eigenvalue weighted by atomic mass is 16.7. The van der Waals surface area contributed by atoms with Crippen LogP contribution in [0, 0.1) is 6.92 Å². The first-order chi connectivity index (χ1) is 11.6. The maximum Gasteiger partial charge on any atom is 0.494 e. The van der Waals surface area contributed by atoms with E-state index in [1.165, 1.54) is 0 Å². The van der Waals surface area contributed by atoms with Gasteiger partial charge in [-0.15, -0.1) is 0 Å². The molecule has 1 aliphatic rings. The molecule has 0 radical (unpaired) electrons. The van der Waals surface area contributed by atoms with Gasteiger partial charge in [0.05, 0.1) is 23.3 Å². The van der Waals surface area contributed by atoms with E-state index in [-0.39, 0.29) is 5.82 Å². The molecule has 1 fully saturated rings. The summed E-state index contributed by atoms with van der Waals surface area (Å²) >= 11 is 0. The molecule has 7 heteroatoms. The Balaban J connectivity index is 1.98. The number of nitrogens with zero attached hydrogens (tertiary/aromatic N) is 2.